The van der Waals surface area contributed by atoms with Crippen molar-refractivity contribution >= 4 is 11.0 Å². The molecule has 0 aliphatic heterocycles. The van der Waals surface area contributed by atoms with Gasteiger partial charge in [-0.15, -0.1) is 0 Å². The van der Waals surface area contributed by atoms with Gasteiger partial charge in [0, 0.05) is 43.9 Å². The number of benzene rings is 7. The number of fused-ring (bicyclic) bond motifs is 1. The van der Waals surface area contributed by atoms with Gasteiger partial charge in [0.2, 0.25) is 0 Å². The summed E-state index contributed by atoms with van der Waals surface area (Å²) in [5, 5.41) is 11.4. The first kappa shape index (κ1) is 39.3. The zero-order valence-electron chi connectivity index (χ0n) is 41.3. The molecule has 7 aromatic carbocycles. The van der Waals surface area contributed by atoms with E-state index in [0.29, 0.717) is 28.1 Å². The maximum Gasteiger partial charge on any atom is 0.149 e. The smallest absolute Gasteiger partial charge is 0.149 e. The van der Waals surface area contributed by atoms with Crippen molar-refractivity contribution in [2.24, 2.45) is 0 Å². The van der Waals surface area contributed by atoms with Crippen molar-refractivity contribution in [3.05, 3.63) is 192 Å². The molecule has 2 heterocycles. The minimum Gasteiger partial charge on any atom is -0.507 e. The van der Waals surface area contributed by atoms with Crippen LogP contribution in [-0.2, 0) is 26.5 Å². The monoisotopic (exact) mass is 1020 g/mol. The Morgan fingerprint density at radius 2 is 1.23 bits per heavy atom. The van der Waals surface area contributed by atoms with Gasteiger partial charge in [-0.2, -0.15) is 0 Å². The van der Waals surface area contributed by atoms with Crippen LogP contribution >= 0.6 is 0 Å². The van der Waals surface area contributed by atoms with Gasteiger partial charge in [0.15, 0.2) is 0 Å². The summed E-state index contributed by atoms with van der Waals surface area (Å²) in [6, 6.07) is 54.4. The molecule has 0 aliphatic rings. The van der Waals surface area contributed by atoms with E-state index in [0.717, 1.165) is 66.9 Å². The first-order valence-electron chi connectivity index (χ1n) is 23.7. The molecule has 0 radical (unpaired) electrons. The first-order valence-corrected chi connectivity index (χ1v) is 21.7. The summed E-state index contributed by atoms with van der Waals surface area (Å²) in [5.41, 5.74) is 14.8. The summed E-state index contributed by atoms with van der Waals surface area (Å²) >= 11 is 0. The standard InChI is InChI=1S/C59H55N3O.Pt/c1-37(2)48-19-14-20-49(38(3)4)56(48)44-28-29-53(39(5)32-44)62-54-22-15-21-50(57(54)61-58(62)51-18-12-13-23-55(51)63)45-33-46(35-47(34-45)59(6,7)8)52-36-43(30-31-60-52)42-26-24-41(25-27-42)40-16-10-9-11-17-40;/h9-38,63H,1-8H3;/i5D3,37D;. The number of rotatable bonds is 9. The molecule has 0 fully saturated rings. The number of hydrogen-bond acceptors (Lipinski definition) is 3. The van der Waals surface area contributed by atoms with Gasteiger partial charge in [0.05, 0.1) is 28.0 Å². The van der Waals surface area contributed by atoms with Crippen molar-refractivity contribution in [3.63, 3.8) is 0 Å². The summed E-state index contributed by atoms with van der Waals surface area (Å²) in [6.45, 7) is 12.0. The number of aryl methyl sites for hydroxylation is 1. The third-order valence-electron chi connectivity index (χ3n) is 12.1. The molecule has 2 aromatic heterocycles. The van der Waals surface area contributed by atoms with Crippen LogP contribution in [0.15, 0.2) is 170 Å². The van der Waals surface area contributed by atoms with E-state index in [-0.39, 0.29) is 43.7 Å². The fraction of sp³-hybridized carbons (Fsp3) is 0.186. The van der Waals surface area contributed by atoms with Crippen molar-refractivity contribution in [1.82, 2.24) is 14.5 Å². The number of phenols is 1. The predicted octanol–water partition coefficient (Wildman–Crippen LogP) is 16.0. The second-order valence-corrected chi connectivity index (χ2v) is 18.0. The maximum absolute atomic E-state index is 11.4. The van der Waals surface area contributed by atoms with Gasteiger partial charge in [0.25, 0.3) is 0 Å². The number of para-hydroxylation sites is 2. The normalized spacial score (nSPS) is 12.9. The maximum atomic E-state index is 11.4. The Morgan fingerprint density at radius 1 is 0.594 bits per heavy atom. The van der Waals surface area contributed by atoms with Crippen molar-refractivity contribution in [2.45, 2.75) is 72.5 Å². The van der Waals surface area contributed by atoms with Crippen LogP contribution in [0.2, 0.25) is 0 Å². The molecule has 0 amide bonds. The van der Waals surface area contributed by atoms with Gasteiger partial charge in [-0.3, -0.25) is 9.55 Å². The van der Waals surface area contributed by atoms with Gasteiger partial charge in [-0.05, 0) is 140 Å². The summed E-state index contributed by atoms with van der Waals surface area (Å²) in [4.78, 5) is 10.3. The van der Waals surface area contributed by atoms with Crippen LogP contribution in [0.4, 0.5) is 0 Å². The second kappa shape index (κ2) is 18.0. The van der Waals surface area contributed by atoms with E-state index >= 15 is 0 Å². The molecule has 0 spiro atoms. The van der Waals surface area contributed by atoms with E-state index in [9.17, 15) is 5.11 Å². The number of nitrogens with zero attached hydrogens (tertiary/aromatic N) is 3. The fourth-order valence-corrected chi connectivity index (χ4v) is 8.71. The van der Waals surface area contributed by atoms with Crippen LogP contribution in [0, 0.1) is 6.85 Å². The van der Waals surface area contributed by atoms with Gasteiger partial charge in [-0.25, -0.2) is 4.98 Å². The molecule has 1 N–H and O–H groups in total. The number of aromatic nitrogens is 3. The Balaban J connectivity index is 0.00000625. The Morgan fingerprint density at radius 3 is 1.94 bits per heavy atom. The van der Waals surface area contributed by atoms with E-state index in [1.54, 1.807) is 18.2 Å². The van der Waals surface area contributed by atoms with Gasteiger partial charge >= 0.3 is 0 Å². The number of pyridine rings is 1. The molecule has 322 valence electrons. The molecule has 0 unspecified atom stereocenters. The van der Waals surface area contributed by atoms with Crippen LogP contribution in [0.5, 0.6) is 5.75 Å². The topological polar surface area (TPSA) is 50.9 Å². The molecule has 0 atom stereocenters. The first-order chi connectivity index (χ1) is 31.9. The van der Waals surface area contributed by atoms with E-state index in [2.05, 4.69) is 120 Å². The Labute approximate surface area is 398 Å². The second-order valence-electron chi connectivity index (χ2n) is 18.0. The zero-order valence-corrected chi connectivity index (χ0v) is 39.6. The Kier molecular flexibility index (Phi) is 11.1. The molecule has 0 saturated carbocycles. The van der Waals surface area contributed by atoms with Crippen LogP contribution in [0.3, 0.4) is 0 Å². The molecule has 9 rings (SSSR count). The number of imidazole rings is 1. The molecule has 0 aliphatic carbocycles. The van der Waals surface area contributed by atoms with Crippen molar-refractivity contribution in [3.8, 4) is 78.6 Å². The summed E-state index contributed by atoms with van der Waals surface area (Å²) < 4.78 is 38.0. The van der Waals surface area contributed by atoms with Gasteiger partial charge in [-0.1, -0.05) is 158 Å². The third-order valence-corrected chi connectivity index (χ3v) is 12.1. The minimum absolute atomic E-state index is 0. The molecule has 4 nitrogen and oxygen atoms in total. The third kappa shape index (κ3) is 8.52. The zero-order chi connectivity index (χ0) is 47.4. The summed E-state index contributed by atoms with van der Waals surface area (Å²) in [6.07, 6.45) is 1.87. The van der Waals surface area contributed by atoms with Gasteiger partial charge in [0.1, 0.15) is 11.6 Å². The van der Waals surface area contributed by atoms with Crippen LogP contribution in [0.1, 0.15) is 88.0 Å². The molecule has 0 saturated heterocycles. The number of hydrogen-bond donors (Lipinski definition) is 1. The van der Waals surface area contributed by atoms with Crippen molar-refractivity contribution in [2.75, 3.05) is 0 Å². The van der Waals surface area contributed by atoms with E-state index < -0.39 is 12.7 Å². The van der Waals surface area contributed by atoms with E-state index in [1.807, 2.05) is 85.3 Å². The summed E-state index contributed by atoms with van der Waals surface area (Å²) in [7, 11) is 0. The average Bonchev–Trinajstić information content (AvgIpc) is 3.70. The molecule has 9 aromatic rings. The fourth-order valence-electron chi connectivity index (χ4n) is 8.71. The number of phenolic OH excluding ortho intramolecular Hbond substituents is 1. The largest absolute Gasteiger partial charge is 0.507 e. The minimum atomic E-state index is -2.54. The van der Waals surface area contributed by atoms with Gasteiger partial charge < -0.3 is 5.11 Å². The SMILES string of the molecule is [2H]C([2H])([2H])c1cc(-c2c(C(C)C)cccc2C([2H])(C)C)ccc1-n1c(-c2ccccc2O)nc2c(-c3cc(-c4cc(-c5ccc(-c6ccccc6)cc5)ccn4)cc(C(C)(C)C)c3)cccc21.[Pt]. The predicted molar refractivity (Wildman–Crippen MR) is 265 cm³/mol. The molecular formula is C59H55N3OPt. The number of aromatic hydroxyl groups is 1. The van der Waals surface area contributed by atoms with Crippen LogP contribution in [-0.4, -0.2) is 19.6 Å². The molecule has 5 heteroatoms. The molecular weight excluding hydrogens is 962 g/mol. The quantitative estimate of drug-likeness (QED) is 0.157. The Hall–Kier alpha value is -6.35. The molecule has 64 heavy (non-hydrogen) atoms. The molecule has 0 bridgehead atoms. The van der Waals surface area contributed by atoms with Crippen LogP contribution < -0.4 is 0 Å². The van der Waals surface area contributed by atoms with Crippen LogP contribution in [0.25, 0.3) is 83.9 Å². The average molecular weight is 1020 g/mol. The van der Waals surface area contributed by atoms with Crippen molar-refractivity contribution in [1.29, 1.82) is 0 Å². The Bertz CT molecular complexity index is 3290. The van der Waals surface area contributed by atoms with E-state index in [1.165, 1.54) is 5.56 Å². The van der Waals surface area contributed by atoms with E-state index in [4.69, 9.17) is 15.5 Å². The van der Waals surface area contributed by atoms with Crippen molar-refractivity contribution < 1.29 is 31.7 Å². The summed E-state index contributed by atoms with van der Waals surface area (Å²) in [5.74, 6) is -0.370.